The molecule has 122 valence electrons. The summed E-state index contributed by atoms with van der Waals surface area (Å²) in [7, 11) is 0. The molecular formula is C10H16N4O6Pd. The van der Waals surface area contributed by atoms with Crippen LogP contribution >= 0.6 is 0 Å². The predicted octanol–water partition coefficient (Wildman–Crippen LogP) is 2.22. The molecule has 0 atom stereocenters. The monoisotopic (exact) mass is 394 g/mol. The summed E-state index contributed by atoms with van der Waals surface area (Å²) < 4.78 is 0. The van der Waals surface area contributed by atoms with Gasteiger partial charge in [0.25, 0.3) is 0 Å². The van der Waals surface area contributed by atoms with Gasteiger partial charge in [-0.1, -0.05) is 24.3 Å². The molecule has 0 spiro atoms. The van der Waals surface area contributed by atoms with E-state index in [4.69, 9.17) is 30.3 Å². The molecular weight excluding hydrogens is 379 g/mol. The van der Waals surface area contributed by atoms with Crippen molar-refractivity contribution in [2.45, 2.75) is 26.3 Å². The molecule has 0 heterocycles. The van der Waals surface area contributed by atoms with Crippen molar-refractivity contribution in [3.05, 3.63) is 65.7 Å². The van der Waals surface area contributed by atoms with Gasteiger partial charge in [-0.25, -0.2) is 0 Å². The van der Waals surface area contributed by atoms with Crippen molar-refractivity contribution in [1.82, 2.24) is 0 Å². The predicted molar refractivity (Wildman–Crippen MR) is 74.6 cm³/mol. The summed E-state index contributed by atoms with van der Waals surface area (Å²) in [6.07, 6.45) is 0. The molecule has 0 radical (unpaired) electrons. The first-order valence-electron chi connectivity index (χ1n) is 5.03. The van der Waals surface area contributed by atoms with Gasteiger partial charge in [0, 0.05) is 5.56 Å². The number of nitrogens with zero attached hydrogens (tertiary/aromatic N) is 3. The van der Waals surface area contributed by atoms with Crippen LogP contribution in [0.15, 0.2) is 40.3 Å². The Morgan fingerprint density at radius 1 is 0.952 bits per heavy atom. The molecule has 10 nitrogen and oxygen atoms in total. The summed E-state index contributed by atoms with van der Waals surface area (Å²) in [5, 5.41) is 27.0. The maximum absolute atomic E-state index is 8.00. The molecule has 0 aromatic heterocycles. The summed E-state index contributed by atoms with van der Waals surface area (Å²) in [5.74, 6) is 0. The van der Waals surface area contributed by atoms with Crippen LogP contribution in [0.1, 0.15) is 25.0 Å². The minimum absolute atomic E-state index is 0. The third-order valence-electron chi connectivity index (χ3n) is 1.87. The van der Waals surface area contributed by atoms with Gasteiger partial charge >= 0.3 is 20.4 Å². The number of hydrogen-bond donors (Lipinski definition) is 1. The van der Waals surface area contributed by atoms with Crippen molar-refractivity contribution < 1.29 is 26.2 Å². The first-order valence-corrected chi connectivity index (χ1v) is 5.03. The van der Waals surface area contributed by atoms with E-state index in [1.165, 1.54) is 11.1 Å². The molecule has 0 saturated heterocycles. The van der Waals surface area contributed by atoms with Gasteiger partial charge in [0.15, 0.2) is 0 Å². The molecule has 0 bridgehead atoms. The first-order chi connectivity index (χ1) is 9.26. The van der Waals surface area contributed by atoms with Gasteiger partial charge in [-0.05, 0) is 26.3 Å². The van der Waals surface area contributed by atoms with Crippen LogP contribution in [0.25, 0.3) is 0 Å². The molecule has 0 aliphatic heterocycles. The van der Waals surface area contributed by atoms with Crippen molar-refractivity contribution in [2.75, 3.05) is 0 Å². The van der Waals surface area contributed by atoms with Gasteiger partial charge in [-0.15, -0.1) is 16.0 Å². The van der Waals surface area contributed by atoms with E-state index in [1.54, 1.807) is 0 Å². The SMILES string of the molecule is Cc1ccccc1C(C)(C)[NH3+].O=N[O-].O=N[O-].O=N[O-].[Pd+2]. The fourth-order valence-electron chi connectivity index (χ4n) is 1.33. The topological polar surface area (TPSA) is 185 Å². The molecule has 1 aromatic rings. The standard InChI is InChI=1S/C10H15N.3HNO2.Pd/c1-8-6-4-5-7-9(8)10(2,3)11;3*2-1-3;/h4-7H,11H2,1-3H3;3*(H,2,3);/q;;;;+2/p-2. The Kier molecular flexibility index (Phi) is 23.5. The van der Waals surface area contributed by atoms with Gasteiger partial charge in [-0.3, -0.25) is 0 Å². The van der Waals surface area contributed by atoms with Crippen molar-refractivity contribution >= 4 is 0 Å². The molecule has 21 heavy (non-hydrogen) atoms. The smallest absolute Gasteiger partial charge is 0.444 e. The van der Waals surface area contributed by atoms with E-state index >= 15 is 0 Å². The molecule has 0 amide bonds. The quantitative estimate of drug-likeness (QED) is 0.432. The van der Waals surface area contributed by atoms with Crippen LogP contribution in [0.4, 0.5) is 0 Å². The number of rotatable bonds is 1. The first kappa shape index (κ1) is 27.4. The third kappa shape index (κ3) is 20.5. The van der Waals surface area contributed by atoms with Crippen LogP contribution in [0.5, 0.6) is 0 Å². The van der Waals surface area contributed by atoms with Gasteiger partial charge in [0.2, 0.25) is 0 Å². The number of quaternary nitrogens is 1. The Labute approximate surface area is 134 Å². The van der Waals surface area contributed by atoms with E-state index in [9.17, 15) is 0 Å². The summed E-state index contributed by atoms with van der Waals surface area (Å²) >= 11 is 0. The fourth-order valence-corrected chi connectivity index (χ4v) is 1.33. The molecule has 0 aliphatic carbocycles. The van der Waals surface area contributed by atoms with Gasteiger partial charge in [-0.2, -0.15) is 0 Å². The van der Waals surface area contributed by atoms with Crippen molar-refractivity contribution in [2.24, 2.45) is 16.0 Å². The zero-order valence-corrected chi connectivity index (χ0v) is 13.2. The van der Waals surface area contributed by atoms with Crippen LogP contribution in [0, 0.1) is 37.3 Å². The Morgan fingerprint density at radius 3 is 1.43 bits per heavy atom. The van der Waals surface area contributed by atoms with E-state index in [0.29, 0.717) is 0 Å². The maximum Gasteiger partial charge on any atom is 2.00 e. The van der Waals surface area contributed by atoms with Gasteiger partial charge in [0.05, 0.1) is 0 Å². The van der Waals surface area contributed by atoms with Crippen LogP contribution < -0.4 is 5.73 Å². The molecule has 3 N–H and O–H groups in total. The average molecular weight is 395 g/mol. The van der Waals surface area contributed by atoms with E-state index < -0.39 is 0 Å². The number of benzene rings is 1. The van der Waals surface area contributed by atoms with Gasteiger partial charge in [0.1, 0.15) is 5.54 Å². The van der Waals surface area contributed by atoms with E-state index in [0.717, 1.165) is 16.0 Å². The molecule has 0 fully saturated rings. The summed E-state index contributed by atoms with van der Waals surface area (Å²) in [5.41, 5.74) is 6.79. The Morgan fingerprint density at radius 2 is 1.24 bits per heavy atom. The van der Waals surface area contributed by atoms with Crippen molar-refractivity contribution in [3.8, 4) is 0 Å². The van der Waals surface area contributed by atoms with Gasteiger partial charge < -0.3 is 36.1 Å². The minimum Gasteiger partial charge on any atom is -0.444 e. The maximum atomic E-state index is 8.00. The fraction of sp³-hybridized carbons (Fsp3) is 0.400. The van der Waals surface area contributed by atoms with E-state index in [2.05, 4.69) is 50.8 Å². The number of hydrogen-bond acceptors (Lipinski definition) is 9. The van der Waals surface area contributed by atoms with E-state index in [1.807, 2.05) is 0 Å². The Hall–Kier alpha value is -1.96. The minimum atomic E-state index is 0. The van der Waals surface area contributed by atoms with E-state index in [-0.39, 0.29) is 26.0 Å². The molecule has 0 aliphatic rings. The zero-order chi connectivity index (χ0) is 16.6. The second-order valence-electron chi connectivity index (χ2n) is 3.92. The van der Waals surface area contributed by atoms with Crippen molar-refractivity contribution in [1.29, 1.82) is 0 Å². The third-order valence-corrected chi connectivity index (χ3v) is 1.87. The molecule has 1 rings (SSSR count). The van der Waals surface area contributed by atoms with Crippen LogP contribution in [-0.2, 0) is 26.0 Å². The zero-order valence-electron chi connectivity index (χ0n) is 11.6. The van der Waals surface area contributed by atoms with Crippen LogP contribution in [-0.4, -0.2) is 0 Å². The van der Waals surface area contributed by atoms with Crippen LogP contribution in [0.2, 0.25) is 0 Å². The normalized spacial score (nSPS) is 7.81. The Bertz CT molecular complexity index is 372. The van der Waals surface area contributed by atoms with Crippen molar-refractivity contribution in [3.63, 3.8) is 0 Å². The molecule has 1 aromatic carbocycles. The molecule has 11 heteroatoms. The largest absolute Gasteiger partial charge is 2.00 e. The summed E-state index contributed by atoms with van der Waals surface area (Å²) in [4.78, 5) is 24.0. The average Bonchev–Trinajstić information content (AvgIpc) is 2.31. The summed E-state index contributed by atoms with van der Waals surface area (Å²) in [6.45, 7) is 6.40. The molecule has 0 saturated carbocycles. The molecule has 0 unspecified atom stereocenters. The second-order valence-corrected chi connectivity index (χ2v) is 3.92. The second kappa shape index (κ2) is 18.0. The summed E-state index contributed by atoms with van der Waals surface area (Å²) in [6, 6.07) is 8.39. The number of aryl methyl sites for hydroxylation is 1. The van der Waals surface area contributed by atoms with Crippen LogP contribution in [0.3, 0.4) is 0 Å². The Balaban J connectivity index is -0.000000122.